The lowest BCUT2D eigenvalue weighted by molar-refractivity contribution is -0.157. The van der Waals surface area contributed by atoms with Crippen molar-refractivity contribution in [3.05, 3.63) is 0 Å². The standard InChI is InChI=1S/C16H25ClO4/c1-11-9-16(2)10-12(14(18)21-16)13(11)15(19)20-8-6-4-3-5-7-17/h11-13H,3-10H2,1-2H3. The van der Waals surface area contributed by atoms with Crippen LogP contribution in [0.4, 0.5) is 0 Å². The van der Waals surface area contributed by atoms with Crippen LogP contribution < -0.4 is 0 Å². The van der Waals surface area contributed by atoms with Crippen LogP contribution in [0.3, 0.4) is 0 Å². The van der Waals surface area contributed by atoms with E-state index in [0.29, 0.717) is 18.9 Å². The molecule has 4 atom stereocenters. The Morgan fingerprint density at radius 3 is 2.76 bits per heavy atom. The molecular formula is C16H25ClO4. The summed E-state index contributed by atoms with van der Waals surface area (Å²) in [7, 11) is 0. The number of unbranched alkanes of at least 4 members (excludes halogenated alkanes) is 3. The molecule has 21 heavy (non-hydrogen) atoms. The first-order valence-corrected chi connectivity index (χ1v) is 8.46. The summed E-state index contributed by atoms with van der Waals surface area (Å²) in [5.74, 6) is -0.305. The van der Waals surface area contributed by atoms with E-state index in [1.54, 1.807) is 0 Å². The van der Waals surface area contributed by atoms with Crippen molar-refractivity contribution in [1.82, 2.24) is 0 Å². The molecule has 0 aromatic carbocycles. The lowest BCUT2D eigenvalue weighted by Gasteiger charge is -2.34. The molecule has 5 heteroatoms. The summed E-state index contributed by atoms with van der Waals surface area (Å²) in [5, 5.41) is 0. The predicted octanol–water partition coefficient (Wildman–Crippen LogP) is 3.31. The average Bonchev–Trinajstić information content (AvgIpc) is 2.64. The fourth-order valence-corrected chi connectivity index (χ4v) is 3.92. The third-order valence-electron chi connectivity index (χ3n) is 4.65. The maximum Gasteiger partial charge on any atom is 0.310 e. The van der Waals surface area contributed by atoms with E-state index in [4.69, 9.17) is 21.1 Å². The van der Waals surface area contributed by atoms with Gasteiger partial charge in [0.1, 0.15) is 5.60 Å². The Hall–Kier alpha value is -0.770. The second-order valence-corrected chi connectivity index (χ2v) is 7.04. The molecule has 1 heterocycles. The number of carbonyl (C=O) groups is 2. The van der Waals surface area contributed by atoms with E-state index < -0.39 is 0 Å². The molecule has 2 rings (SSSR count). The van der Waals surface area contributed by atoms with Gasteiger partial charge in [-0.3, -0.25) is 9.59 Å². The smallest absolute Gasteiger partial charge is 0.310 e. The van der Waals surface area contributed by atoms with Crippen LogP contribution in [0.2, 0.25) is 0 Å². The summed E-state index contributed by atoms with van der Waals surface area (Å²) in [6, 6.07) is 0. The molecule has 0 aromatic heterocycles. The van der Waals surface area contributed by atoms with E-state index in [0.717, 1.165) is 32.1 Å². The van der Waals surface area contributed by atoms with Gasteiger partial charge in [0, 0.05) is 12.3 Å². The highest BCUT2D eigenvalue weighted by Crippen LogP contribution is 2.48. The van der Waals surface area contributed by atoms with Gasteiger partial charge in [0.25, 0.3) is 0 Å². The molecule has 0 aromatic rings. The summed E-state index contributed by atoms with van der Waals surface area (Å²) in [6.07, 6.45) is 5.33. The van der Waals surface area contributed by atoms with Gasteiger partial charge >= 0.3 is 11.9 Å². The number of ether oxygens (including phenoxy) is 2. The molecule has 0 radical (unpaired) electrons. The molecule has 2 aliphatic rings. The number of fused-ring (bicyclic) bond motifs is 2. The molecule has 1 aliphatic carbocycles. The van der Waals surface area contributed by atoms with Gasteiger partial charge in [0.2, 0.25) is 0 Å². The second-order valence-electron chi connectivity index (χ2n) is 6.66. The monoisotopic (exact) mass is 316 g/mol. The number of hydrogen-bond acceptors (Lipinski definition) is 4. The van der Waals surface area contributed by atoms with E-state index in [1.165, 1.54) is 0 Å². The Bertz CT molecular complexity index is 398. The zero-order chi connectivity index (χ0) is 15.5. The molecule has 1 saturated carbocycles. The van der Waals surface area contributed by atoms with E-state index in [-0.39, 0.29) is 35.3 Å². The van der Waals surface area contributed by atoms with Crippen molar-refractivity contribution < 1.29 is 19.1 Å². The third-order valence-corrected chi connectivity index (χ3v) is 4.91. The molecule has 1 saturated heterocycles. The zero-order valence-electron chi connectivity index (χ0n) is 12.9. The highest BCUT2D eigenvalue weighted by atomic mass is 35.5. The molecular weight excluding hydrogens is 292 g/mol. The van der Waals surface area contributed by atoms with Gasteiger partial charge in [-0.1, -0.05) is 19.8 Å². The quantitative estimate of drug-likeness (QED) is 0.411. The first-order chi connectivity index (χ1) is 9.97. The minimum atomic E-state index is -0.375. The first kappa shape index (κ1) is 16.6. The van der Waals surface area contributed by atoms with E-state index in [9.17, 15) is 9.59 Å². The van der Waals surface area contributed by atoms with Crippen LogP contribution in [0.5, 0.6) is 0 Å². The van der Waals surface area contributed by atoms with Crippen LogP contribution >= 0.6 is 11.6 Å². The van der Waals surface area contributed by atoms with E-state index in [2.05, 4.69) is 0 Å². The topological polar surface area (TPSA) is 52.6 Å². The molecule has 4 unspecified atom stereocenters. The lowest BCUT2D eigenvalue weighted by Crippen LogP contribution is -2.40. The highest BCUT2D eigenvalue weighted by molar-refractivity contribution is 6.17. The average molecular weight is 317 g/mol. The Morgan fingerprint density at radius 2 is 2.05 bits per heavy atom. The van der Waals surface area contributed by atoms with Crippen molar-refractivity contribution in [2.24, 2.45) is 17.8 Å². The number of esters is 2. The minimum Gasteiger partial charge on any atom is -0.465 e. The molecule has 0 spiro atoms. The van der Waals surface area contributed by atoms with Crippen molar-refractivity contribution in [3.63, 3.8) is 0 Å². The van der Waals surface area contributed by atoms with Crippen molar-refractivity contribution in [2.45, 2.75) is 58.0 Å². The van der Waals surface area contributed by atoms with Gasteiger partial charge in [-0.15, -0.1) is 11.6 Å². The van der Waals surface area contributed by atoms with Crippen molar-refractivity contribution in [3.8, 4) is 0 Å². The summed E-state index contributed by atoms with van der Waals surface area (Å²) >= 11 is 5.61. The lowest BCUT2D eigenvalue weighted by atomic mass is 9.69. The normalized spacial score (nSPS) is 34.6. The van der Waals surface area contributed by atoms with Gasteiger partial charge in [0.05, 0.1) is 18.4 Å². The molecule has 1 aliphatic heterocycles. The van der Waals surface area contributed by atoms with Gasteiger partial charge in [-0.25, -0.2) is 0 Å². The molecule has 0 amide bonds. The number of alkyl halides is 1. The SMILES string of the molecule is CC1CC2(C)CC(C(=O)O2)C1C(=O)OCCCCCCCl. The minimum absolute atomic E-state index is 0.129. The van der Waals surface area contributed by atoms with Gasteiger partial charge in [0.15, 0.2) is 0 Å². The van der Waals surface area contributed by atoms with Crippen LogP contribution in [-0.2, 0) is 19.1 Å². The summed E-state index contributed by atoms with van der Waals surface area (Å²) in [6.45, 7) is 4.40. The van der Waals surface area contributed by atoms with Crippen LogP contribution in [0.1, 0.15) is 52.4 Å². The Balaban J connectivity index is 1.80. The Kier molecular flexibility index (Phi) is 5.53. The maximum absolute atomic E-state index is 12.3. The summed E-state index contributed by atoms with van der Waals surface area (Å²) < 4.78 is 10.8. The zero-order valence-corrected chi connectivity index (χ0v) is 13.7. The van der Waals surface area contributed by atoms with E-state index in [1.807, 2.05) is 13.8 Å². The molecule has 120 valence electrons. The largest absolute Gasteiger partial charge is 0.465 e. The number of hydrogen-bond donors (Lipinski definition) is 0. The second kappa shape index (κ2) is 6.99. The van der Waals surface area contributed by atoms with Crippen LogP contribution in [0.25, 0.3) is 0 Å². The van der Waals surface area contributed by atoms with Crippen LogP contribution in [0.15, 0.2) is 0 Å². The van der Waals surface area contributed by atoms with E-state index >= 15 is 0 Å². The highest BCUT2D eigenvalue weighted by Gasteiger charge is 2.56. The summed E-state index contributed by atoms with van der Waals surface area (Å²) in [4.78, 5) is 24.2. The molecule has 4 nitrogen and oxygen atoms in total. The fraction of sp³-hybridized carbons (Fsp3) is 0.875. The fourth-order valence-electron chi connectivity index (χ4n) is 3.73. The summed E-state index contributed by atoms with van der Waals surface area (Å²) in [5.41, 5.74) is -0.375. The van der Waals surface area contributed by atoms with Crippen molar-refractivity contribution in [2.75, 3.05) is 12.5 Å². The third kappa shape index (κ3) is 3.91. The van der Waals surface area contributed by atoms with Crippen LogP contribution in [-0.4, -0.2) is 30.0 Å². The molecule has 2 bridgehead atoms. The van der Waals surface area contributed by atoms with Gasteiger partial charge in [-0.2, -0.15) is 0 Å². The van der Waals surface area contributed by atoms with Crippen LogP contribution in [0, 0.1) is 17.8 Å². The predicted molar refractivity (Wildman–Crippen MR) is 80.0 cm³/mol. The Labute approximate surface area is 131 Å². The number of carbonyl (C=O) groups excluding carboxylic acids is 2. The van der Waals surface area contributed by atoms with Crippen molar-refractivity contribution in [1.29, 1.82) is 0 Å². The Morgan fingerprint density at radius 1 is 1.33 bits per heavy atom. The molecule has 0 N–H and O–H groups in total. The molecule has 2 fully saturated rings. The number of rotatable bonds is 7. The first-order valence-electron chi connectivity index (χ1n) is 7.92. The number of halogens is 1. The van der Waals surface area contributed by atoms with Gasteiger partial charge in [-0.05, 0) is 32.1 Å². The maximum atomic E-state index is 12.3. The van der Waals surface area contributed by atoms with Gasteiger partial charge < -0.3 is 9.47 Å². The van der Waals surface area contributed by atoms with Crippen molar-refractivity contribution >= 4 is 23.5 Å².